The second kappa shape index (κ2) is 8.70. The average molecular weight is 412 g/mol. The van der Waals surface area contributed by atoms with Crippen LogP contribution in [0, 0.1) is 0 Å². The Labute approximate surface area is 182 Å². The fourth-order valence-corrected chi connectivity index (χ4v) is 3.96. The van der Waals surface area contributed by atoms with Gasteiger partial charge in [-0.3, -0.25) is 4.98 Å². The minimum Gasteiger partial charge on any atom is -0.378 e. The molecule has 1 aliphatic heterocycles. The van der Waals surface area contributed by atoms with Crippen LogP contribution < -0.4 is 9.80 Å². The molecular formula is C25H25N5O. The highest BCUT2D eigenvalue weighted by Gasteiger charge is 2.14. The summed E-state index contributed by atoms with van der Waals surface area (Å²) in [5.41, 5.74) is 4.34. The van der Waals surface area contributed by atoms with Crippen molar-refractivity contribution in [2.75, 3.05) is 43.2 Å². The van der Waals surface area contributed by atoms with Gasteiger partial charge in [0.1, 0.15) is 5.82 Å². The largest absolute Gasteiger partial charge is 0.378 e. The number of hydrogen-bond donors (Lipinski definition) is 0. The van der Waals surface area contributed by atoms with Crippen molar-refractivity contribution in [3.8, 4) is 11.4 Å². The van der Waals surface area contributed by atoms with E-state index in [0.29, 0.717) is 5.82 Å². The van der Waals surface area contributed by atoms with Crippen LogP contribution in [0.2, 0.25) is 0 Å². The lowest BCUT2D eigenvalue weighted by molar-refractivity contribution is 0.122. The molecule has 2 aromatic carbocycles. The first-order chi connectivity index (χ1) is 15.3. The predicted molar refractivity (Wildman–Crippen MR) is 124 cm³/mol. The van der Waals surface area contributed by atoms with Crippen molar-refractivity contribution in [2.24, 2.45) is 0 Å². The maximum atomic E-state index is 5.46. The molecule has 0 bridgehead atoms. The highest BCUT2D eigenvalue weighted by atomic mass is 16.5. The Morgan fingerprint density at radius 3 is 2.52 bits per heavy atom. The van der Waals surface area contributed by atoms with E-state index in [4.69, 9.17) is 14.7 Å². The first-order valence-corrected chi connectivity index (χ1v) is 10.6. The molecule has 6 nitrogen and oxygen atoms in total. The third-order valence-corrected chi connectivity index (χ3v) is 5.60. The summed E-state index contributed by atoms with van der Waals surface area (Å²) in [4.78, 5) is 18.5. The van der Waals surface area contributed by atoms with Crippen molar-refractivity contribution in [2.45, 2.75) is 6.54 Å². The standard InChI is InChI=1S/C25H25N5O/c1-29(18-19-8-10-21(11-9-19)30-13-15-31-16-14-30)25-22-6-2-3-7-23(22)27-24(28-25)20-5-4-12-26-17-20/h2-12,17H,13-16,18H2,1H3. The molecule has 0 N–H and O–H groups in total. The number of ether oxygens (including phenoxy) is 1. The molecule has 6 heteroatoms. The summed E-state index contributed by atoms with van der Waals surface area (Å²) in [7, 11) is 2.08. The van der Waals surface area contributed by atoms with Crippen LogP contribution in [0.3, 0.4) is 0 Å². The third-order valence-electron chi connectivity index (χ3n) is 5.60. The smallest absolute Gasteiger partial charge is 0.163 e. The fourth-order valence-electron chi connectivity index (χ4n) is 3.96. The second-order valence-corrected chi connectivity index (χ2v) is 7.75. The van der Waals surface area contributed by atoms with Crippen LogP contribution in [0.25, 0.3) is 22.3 Å². The number of benzene rings is 2. The van der Waals surface area contributed by atoms with Gasteiger partial charge in [0.25, 0.3) is 0 Å². The molecule has 3 heterocycles. The Bertz CT molecular complexity index is 1160. The molecule has 0 saturated carbocycles. The first-order valence-electron chi connectivity index (χ1n) is 10.6. The van der Waals surface area contributed by atoms with Crippen molar-refractivity contribution in [1.82, 2.24) is 15.0 Å². The lowest BCUT2D eigenvalue weighted by Gasteiger charge is -2.29. The number of fused-ring (bicyclic) bond motifs is 1. The molecule has 0 spiro atoms. The van der Waals surface area contributed by atoms with E-state index >= 15 is 0 Å². The SMILES string of the molecule is CN(Cc1ccc(N2CCOCC2)cc1)c1nc(-c2cccnc2)nc2ccccc12. The van der Waals surface area contributed by atoms with Gasteiger partial charge in [-0.25, -0.2) is 9.97 Å². The molecule has 0 atom stereocenters. The summed E-state index contributed by atoms with van der Waals surface area (Å²) in [5, 5.41) is 1.04. The van der Waals surface area contributed by atoms with Crippen molar-refractivity contribution < 1.29 is 4.74 Å². The minimum atomic E-state index is 0.691. The van der Waals surface area contributed by atoms with Crippen LogP contribution in [0.4, 0.5) is 11.5 Å². The van der Waals surface area contributed by atoms with Gasteiger partial charge in [0.15, 0.2) is 5.82 Å². The summed E-state index contributed by atoms with van der Waals surface area (Å²) in [6.45, 7) is 4.25. The number of pyridine rings is 1. The van der Waals surface area contributed by atoms with Gasteiger partial charge in [0, 0.05) is 55.7 Å². The Hall–Kier alpha value is -3.51. The molecule has 0 amide bonds. The number of hydrogen-bond acceptors (Lipinski definition) is 6. The van der Waals surface area contributed by atoms with E-state index < -0.39 is 0 Å². The molecule has 2 aromatic heterocycles. The number of para-hydroxylation sites is 1. The summed E-state index contributed by atoms with van der Waals surface area (Å²) in [5.74, 6) is 1.61. The van der Waals surface area contributed by atoms with Crippen LogP contribution in [0.1, 0.15) is 5.56 Å². The van der Waals surface area contributed by atoms with E-state index in [2.05, 4.69) is 52.2 Å². The maximum absolute atomic E-state index is 5.46. The summed E-state index contributed by atoms with van der Waals surface area (Å²) in [6, 6.07) is 20.9. The van der Waals surface area contributed by atoms with E-state index in [1.54, 1.807) is 12.4 Å². The van der Waals surface area contributed by atoms with E-state index in [1.165, 1.54) is 11.3 Å². The Balaban J connectivity index is 1.43. The summed E-state index contributed by atoms with van der Waals surface area (Å²) < 4.78 is 5.46. The van der Waals surface area contributed by atoms with Gasteiger partial charge < -0.3 is 14.5 Å². The van der Waals surface area contributed by atoms with Gasteiger partial charge in [-0.15, -0.1) is 0 Å². The molecule has 0 unspecified atom stereocenters. The number of morpholine rings is 1. The maximum Gasteiger partial charge on any atom is 0.163 e. The van der Waals surface area contributed by atoms with Crippen LogP contribution in [-0.2, 0) is 11.3 Å². The normalized spacial score (nSPS) is 14.0. The monoisotopic (exact) mass is 411 g/mol. The van der Waals surface area contributed by atoms with E-state index in [0.717, 1.165) is 55.1 Å². The van der Waals surface area contributed by atoms with Crippen molar-refractivity contribution in [1.29, 1.82) is 0 Å². The van der Waals surface area contributed by atoms with Gasteiger partial charge in [0.2, 0.25) is 0 Å². The van der Waals surface area contributed by atoms with Gasteiger partial charge in [-0.2, -0.15) is 0 Å². The number of anilines is 2. The van der Waals surface area contributed by atoms with Crippen molar-refractivity contribution in [3.05, 3.63) is 78.6 Å². The molecule has 5 rings (SSSR count). The van der Waals surface area contributed by atoms with Crippen LogP contribution in [0.5, 0.6) is 0 Å². The van der Waals surface area contributed by atoms with E-state index in [1.807, 2.05) is 30.3 Å². The third kappa shape index (κ3) is 4.20. The molecule has 1 saturated heterocycles. The molecule has 1 aliphatic rings. The van der Waals surface area contributed by atoms with Crippen LogP contribution in [-0.4, -0.2) is 48.3 Å². The lowest BCUT2D eigenvalue weighted by atomic mass is 10.1. The minimum absolute atomic E-state index is 0.691. The molecule has 1 fully saturated rings. The molecule has 0 radical (unpaired) electrons. The topological polar surface area (TPSA) is 54.4 Å². The molecule has 0 aliphatic carbocycles. The zero-order valence-electron chi connectivity index (χ0n) is 17.6. The number of nitrogens with zero attached hydrogens (tertiary/aromatic N) is 5. The van der Waals surface area contributed by atoms with Crippen LogP contribution >= 0.6 is 0 Å². The Morgan fingerprint density at radius 1 is 0.935 bits per heavy atom. The first kappa shape index (κ1) is 19.5. The van der Waals surface area contributed by atoms with Gasteiger partial charge in [-0.05, 0) is 42.0 Å². The Morgan fingerprint density at radius 2 is 1.74 bits per heavy atom. The van der Waals surface area contributed by atoms with Crippen molar-refractivity contribution in [3.63, 3.8) is 0 Å². The highest BCUT2D eigenvalue weighted by molar-refractivity contribution is 5.90. The lowest BCUT2D eigenvalue weighted by Crippen LogP contribution is -2.36. The van der Waals surface area contributed by atoms with E-state index in [-0.39, 0.29) is 0 Å². The molecule has 4 aromatic rings. The zero-order chi connectivity index (χ0) is 21.0. The van der Waals surface area contributed by atoms with Gasteiger partial charge in [-0.1, -0.05) is 24.3 Å². The van der Waals surface area contributed by atoms with Crippen molar-refractivity contribution >= 4 is 22.4 Å². The molecule has 156 valence electrons. The zero-order valence-corrected chi connectivity index (χ0v) is 17.6. The summed E-state index contributed by atoms with van der Waals surface area (Å²) >= 11 is 0. The number of rotatable bonds is 5. The highest BCUT2D eigenvalue weighted by Crippen LogP contribution is 2.28. The van der Waals surface area contributed by atoms with Gasteiger partial charge in [0.05, 0.1) is 18.7 Å². The second-order valence-electron chi connectivity index (χ2n) is 7.75. The molecule has 31 heavy (non-hydrogen) atoms. The Kier molecular flexibility index (Phi) is 5.46. The summed E-state index contributed by atoms with van der Waals surface area (Å²) in [6.07, 6.45) is 3.57. The average Bonchev–Trinajstić information content (AvgIpc) is 2.85. The van der Waals surface area contributed by atoms with Crippen LogP contribution in [0.15, 0.2) is 73.1 Å². The number of aromatic nitrogens is 3. The molecular weight excluding hydrogens is 386 g/mol. The fraction of sp³-hybridized carbons (Fsp3) is 0.240. The quantitative estimate of drug-likeness (QED) is 0.491. The predicted octanol–water partition coefficient (Wildman–Crippen LogP) is 4.16. The van der Waals surface area contributed by atoms with Gasteiger partial charge >= 0.3 is 0 Å². The van der Waals surface area contributed by atoms with E-state index in [9.17, 15) is 0 Å².